The van der Waals surface area contributed by atoms with Crippen molar-refractivity contribution in [1.82, 2.24) is 20.4 Å². The lowest BCUT2D eigenvalue weighted by atomic mass is 9.85. The van der Waals surface area contributed by atoms with Gasteiger partial charge in [0.25, 0.3) is 11.7 Å². The van der Waals surface area contributed by atoms with Crippen molar-refractivity contribution in [3.63, 3.8) is 0 Å². The molecule has 1 aliphatic heterocycles. The van der Waals surface area contributed by atoms with E-state index in [9.17, 15) is 4.79 Å². The van der Waals surface area contributed by atoms with E-state index in [0.29, 0.717) is 18.4 Å². The summed E-state index contributed by atoms with van der Waals surface area (Å²) in [5.74, 6) is 1.30. The summed E-state index contributed by atoms with van der Waals surface area (Å²) >= 11 is 0. The van der Waals surface area contributed by atoms with Crippen LogP contribution in [0.1, 0.15) is 61.6 Å². The zero-order valence-corrected chi connectivity index (χ0v) is 12.0. The lowest BCUT2D eigenvalue weighted by Gasteiger charge is -2.31. The molecule has 6 heteroatoms. The zero-order chi connectivity index (χ0) is 13.9. The fourth-order valence-corrected chi connectivity index (χ4v) is 2.84. The number of carbonyl (C=O) groups is 1. The molecule has 1 aliphatic carbocycles. The molecule has 0 radical (unpaired) electrons. The molecule has 20 heavy (non-hydrogen) atoms. The molecule has 2 aliphatic rings. The average Bonchev–Trinajstić information content (AvgIpc) is 3.08. The topological polar surface area (TPSA) is 71.3 Å². The summed E-state index contributed by atoms with van der Waals surface area (Å²) in [6, 6.07) is 0.116. The molecule has 2 heterocycles. The van der Waals surface area contributed by atoms with Gasteiger partial charge in [-0.15, -0.1) is 0 Å². The van der Waals surface area contributed by atoms with Crippen LogP contribution in [0.2, 0.25) is 0 Å². The maximum absolute atomic E-state index is 12.4. The van der Waals surface area contributed by atoms with Crippen molar-refractivity contribution >= 4 is 5.91 Å². The highest BCUT2D eigenvalue weighted by Crippen LogP contribution is 2.27. The maximum Gasteiger partial charge on any atom is 0.295 e. The van der Waals surface area contributed by atoms with E-state index < -0.39 is 0 Å². The molecule has 0 aromatic carbocycles. The van der Waals surface area contributed by atoms with Crippen LogP contribution in [-0.2, 0) is 0 Å². The van der Waals surface area contributed by atoms with E-state index in [1.165, 1.54) is 19.3 Å². The van der Waals surface area contributed by atoms with Crippen molar-refractivity contribution in [2.45, 2.75) is 45.1 Å². The molecule has 6 nitrogen and oxygen atoms in total. The molecule has 0 bridgehead atoms. The van der Waals surface area contributed by atoms with E-state index in [1.807, 2.05) is 11.8 Å². The highest BCUT2D eigenvalue weighted by Gasteiger charge is 2.28. The molecule has 1 saturated heterocycles. The Morgan fingerprint density at radius 2 is 2.25 bits per heavy atom. The van der Waals surface area contributed by atoms with Crippen LogP contribution in [0.3, 0.4) is 0 Å². The van der Waals surface area contributed by atoms with E-state index in [-0.39, 0.29) is 17.8 Å². The SMILES string of the molecule is CCN(CC1CCC1)C(=O)c1noc(C2CCCN2)n1. The molecule has 2 fully saturated rings. The van der Waals surface area contributed by atoms with Gasteiger partial charge in [-0.05, 0) is 45.1 Å². The van der Waals surface area contributed by atoms with Crippen LogP contribution in [0, 0.1) is 5.92 Å². The number of carbonyl (C=O) groups excluding carboxylic acids is 1. The van der Waals surface area contributed by atoms with E-state index in [2.05, 4.69) is 15.5 Å². The van der Waals surface area contributed by atoms with Gasteiger partial charge in [-0.2, -0.15) is 4.98 Å². The minimum Gasteiger partial charge on any atom is -0.337 e. The first-order valence-electron chi connectivity index (χ1n) is 7.64. The Bertz CT molecular complexity index is 463. The lowest BCUT2D eigenvalue weighted by molar-refractivity contribution is 0.0691. The minimum absolute atomic E-state index is 0.104. The number of rotatable bonds is 5. The van der Waals surface area contributed by atoms with Crippen molar-refractivity contribution in [2.75, 3.05) is 19.6 Å². The quantitative estimate of drug-likeness (QED) is 0.888. The van der Waals surface area contributed by atoms with Crippen molar-refractivity contribution < 1.29 is 9.32 Å². The van der Waals surface area contributed by atoms with Crippen LogP contribution >= 0.6 is 0 Å². The second kappa shape index (κ2) is 5.91. The summed E-state index contributed by atoms with van der Waals surface area (Å²) in [7, 11) is 0. The summed E-state index contributed by atoms with van der Waals surface area (Å²) < 4.78 is 5.24. The summed E-state index contributed by atoms with van der Waals surface area (Å²) in [6.45, 7) is 4.48. The van der Waals surface area contributed by atoms with Crippen molar-refractivity contribution in [2.24, 2.45) is 5.92 Å². The van der Waals surface area contributed by atoms with Gasteiger partial charge in [0, 0.05) is 13.1 Å². The van der Waals surface area contributed by atoms with Crippen LogP contribution in [0.15, 0.2) is 4.52 Å². The van der Waals surface area contributed by atoms with E-state index >= 15 is 0 Å². The number of nitrogens with zero attached hydrogens (tertiary/aromatic N) is 3. The maximum atomic E-state index is 12.4. The van der Waals surface area contributed by atoms with Gasteiger partial charge in [0.2, 0.25) is 5.89 Å². The Morgan fingerprint density at radius 3 is 2.85 bits per heavy atom. The summed E-state index contributed by atoms with van der Waals surface area (Å²) in [6.07, 6.45) is 5.85. The number of hydrogen-bond donors (Lipinski definition) is 1. The van der Waals surface area contributed by atoms with Gasteiger partial charge in [-0.3, -0.25) is 4.79 Å². The largest absolute Gasteiger partial charge is 0.337 e. The lowest BCUT2D eigenvalue weighted by Crippen LogP contribution is -2.37. The number of nitrogens with one attached hydrogen (secondary N) is 1. The third-order valence-corrected chi connectivity index (χ3v) is 4.36. The molecule has 110 valence electrons. The molecule has 1 atom stereocenters. The Kier molecular flexibility index (Phi) is 4.00. The third-order valence-electron chi connectivity index (χ3n) is 4.36. The first-order chi connectivity index (χ1) is 9.78. The highest BCUT2D eigenvalue weighted by atomic mass is 16.5. The van der Waals surface area contributed by atoms with Crippen LogP contribution in [0.5, 0.6) is 0 Å². The fourth-order valence-electron chi connectivity index (χ4n) is 2.84. The van der Waals surface area contributed by atoms with E-state index in [0.717, 1.165) is 25.9 Å². The molecule has 1 N–H and O–H groups in total. The molecular formula is C14H22N4O2. The molecule has 3 rings (SSSR count). The standard InChI is InChI=1S/C14H22N4O2/c1-2-18(9-10-5-3-6-10)14(19)12-16-13(20-17-12)11-7-4-8-15-11/h10-11,15H,2-9H2,1H3. The van der Waals surface area contributed by atoms with Crippen molar-refractivity contribution in [1.29, 1.82) is 0 Å². The smallest absolute Gasteiger partial charge is 0.295 e. The molecule has 0 spiro atoms. The first kappa shape index (κ1) is 13.5. The van der Waals surface area contributed by atoms with Crippen molar-refractivity contribution in [3.8, 4) is 0 Å². The van der Waals surface area contributed by atoms with Crippen LogP contribution in [0.25, 0.3) is 0 Å². The number of aromatic nitrogens is 2. The highest BCUT2D eigenvalue weighted by molar-refractivity contribution is 5.90. The normalized spacial score (nSPS) is 22.8. The van der Waals surface area contributed by atoms with Gasteiger partial charge in [0.1, 0.15) is 0 Å². The third kappa shape index (κ3) is 2.70. The zero-order valence-electron chi connectivity index (χ0n) is 12.0. The number of hydrogen-bond acceptors (Lipinski definition) is 5. The van der Waals surface area contributed by atoms with Gasteiger partial charge in [0.05, 0.1) is 6.04 Å². The molecule has 1 saturated carbocycles. The predicted octanol–water partition coefficient (Wildman–Crippen LogP) is 1.76. The molecule has 1 aromatic heterocycles. The second-order valence-electron chi connectivity index (χ2n) is 5.75. The van der Waals surface area contributed by atoms with Gasteiger partial charge in [-0.25, -0.2) is 0 Å². The van der Waals surface area contributed by atoms with E-state index in [1.54, 1.807) is 0 Å². The van der Waals surface area contributed by atoms with Crippen LogP contribution in [0.4, 0.5) is 0 Å². The Morgan fingerprint density at radius 1 is 1.40 bits per heavy atom. The van der Waals surface area contributed by atoms with Gasteiger partial charge < -0.3 is 14.7 Å². The average molecular weight is 278 g/mol. The number of amides is 1. The van der Waals surface area contributed by atoms with Gasteiger partial charge >= 0.3 is 0 Å². The molecular weight excluding hydrogens is 256 g/mol. The summed E-state index contributed by atoms with van der Waals surface area (Å²) in [4.78, 5) is 18.5. The van der Waals surface area contributed by atoms with Crippen LogP contribution in [-0.4, -0.2) is 40.6 Å². The van der Waals surface area contributed by atoms with Crippen LogP contribution < -0.4 is 5.32 Å². The van der Waals surface area contributed by atoms with Crippen molar-refractivity contribution in [3.05, 3.63) is 11.7 Å². The Hall–Kier alpha value is -1.43. The molecule has 1 aromatic rings. The second-order valence-corrected chi connectivity index (χ2v) is 5.75. The Labute approximate surface area is 118 Å². The Balaban J connectivity index is 1.65. The molecule has 1 amide bonds. The predicted molar refractivity (Wildman–Crippen MR) is 73.2 cm³/mol. The fraction of sp³-hybridized carbons (Fsp3) is 0.786. The van der Waals surface area contributed by atoms with Gasteiger partial charge in [-0.1, -0.05) is 11.6 Å². The summed E-state index contributed by atoms with van der Waals surface area (Å²) in [5, 5.41) is 7.16. The monoisotopic (exact) mass is 278 g/mol. The van der Waals surface area contributed by atoms with Gasteiger partial charge in [0.15, 0.2) is 0 Å². The minimum atomic E-state index is -0.104. The summed E-state index contributed by atoms with van der Waals surface area (Å²) in [5.41, 5.74) is 0. The first-order valence-corrected chi connectivity index (χ1v) is 7.64. The molecule has 1 unspecified atom stereocenters. The van der Waals surface area contributed by atoms with E-state index in [4.69, 9.17) is 4.52 Å².